The summed E-state index contributed by atoms with van der Waals surface area (Å²) in [6.07, 6.45) is -0.673. The number of methoxy groups -OCH3 is 1. The molecule has 0 fully saturated rings. The van der Waals surface area contributed by atoms with Crippen molar-refractivity contribution < 1.29 is 14.8 Å². The highest BCUT2D eigenvalue weighted by Crippen LogP contribution is 2.16. The summed E-state index contributed by atoms with van der Waals surface area (Å²) in [5, 5.41) is 23.2. The Balaban J connectivity index is 2.46. The Kier molecular flexibility index (Phi) is 5.55. The fourth-order valence-corrected chi connectivity index (χ4v) is 1.35. The van der Waals surface area contributed by atoms with Gasteiger partial charge in [0, 0.05) is 32.3 Å². The summed E-state index contributed by atoms with van der Waals surface area (Å²) >= 11 is 0. The first-order chi connectivity index (χ1) is 8.15. The van der Waals surface area contributed by atoms with Crippen molar-refractivity contribution in [2.24, 2.45) is 0 Å². The first kappa shape index (κ1) is 13.6. The van der Waals surface area contributed by atoms with E-state index in [0.29, 0.717) is 25.3 Å². The maximum absolute atomic E-state index is 10.4. The summed E-state index contributed by atoms with van der Waals surface area (Å²) in [5.74, 6) is 0. The Morgan fingerprint density at radius 1 is 1.47 bits per heavy atom. The second kappa shape index (κ2) is 6.95. The largest absolute Gasteiger partial charge is 0.387 e. The van der Waals surface area contributed by atoms with E-state index in [0.717, 1.165) is 0 Å². The molecule has 0 saturated carbocycles. The molecule has 0 saturated heterocycles. The van der Waals surface area contributed by atoms with Gasteiger partial charge in [0.25, 0.3) is 5.69 Å². The van der Waals surface area contributed by atoms with E-state index >= 15 is 0 Å². The van der Waals surface area contributed by atoms with E-state index in [2.05, 4.69) is 5.32 Å². The molecule has 2 N–H and O–H groups in total. The Morgan fingerprint density at radius 2 is 2.12 bits per heavy atom. The van der Waals surface area contributed by atoms with Crippen molar-refractivity contribution in [3.8, 4) is 0 Å². The number of rotatable bonds is 7. The average molecular weight is 240 g/mol. The lowest BCUT2D eigenvalue weighted by atomic mass is 10.1. The van der Waals surface area contributed by atoms with Gasteiger partial charge in [0.1, 0.15) is 0 Å². The number of aliphatic hydroxyl groups is 1. The van der Waals surface area contributed by atoms with E-state index in [9.17, 15) is 15.2 Å². The van der Waals surface area contributed by atoms with E-state index in [-0.39, 0.29) is 5.69 Å². The summed E-state index contributed by atoms with van der Waals surface area (Å²) in [5.41, 5.74) is 0.675. The van der Waals surface area contributed by atoms with Crippen LogP contribution in [0.1, 0.15) is 11.7 Å². The van der Waals surface area contributed by atoms with Gasteiger partial charge >= 0.3 is 0 Å². The maximum atomic E-state index is 10.4. The number of nitrogens with one attached hydrogen (secondary N) is 1. The predicted octanol–water partition coefficient (Wildman–Crippen LogP) is 0.864. The van der Waals surface area contributed by atoms with Crippen molar-refractivity contribution >= 4 is 5.69 Å². The van der Waals surface area contributed by atoms with Gasteiger partial charge in [0.2, 0.25) is 0 Å². The summed E-state index contributed by atoms with van der Waals surface area (Å²) in [7, 11) is 1.61. The SMILES string of the molecule is COCCNCC(O)c1ccc([N+](=O)[O-])cc1. The van der Waals surface area contributed by atoms with Crippen LogP contribution in [0.2, 0.25) is 0 Å². The molecule has 0 aliphatic carbocycles. The smallest absolute Gasteiger partial charge is 0.269 e. The topological polar surface area (TPSA) is 84.6 Å². The molecule has 0 aliphatic heterocycles. The van der Waals surface area contributed by atoms with Gasteiger partial charge < -0.3 is 15.2 Å². The molecule has 1 unspecified atom stereocenters. The van der Waals surface area contributed by atoms with Crippen molar-refractivity contribution in [2.45, 2.75) is 6.10 Å². The van der Waals surface area contributed by atoms with Crippen LogP contribution in [-0.4, -0.2) is 36.8 Å². The molecule has 1 rings (SSSR count). The van der Waals surface area contributed by atoms with Crippen LogP contribution in [0.5, 0.6) is 0 Å². The summed E-state index contributed by atoms with van der Waals surface area (Å²) in [4.78, 5) is 9.98. The molecule has 0 aliphatic rings. The molecule has 94 valence electrons. The summed E-state index contributed by atoms with van der Waals surface area (Å²) in [6.45, 7) is 1.62. The van der Waals surface area contributed by atoms with Gasteiger partial charge in [-0.05, 0) is 17.7 Å². The van der Waals surface area contributed by atoms with E-state index in [1.165, 1.54) is 12.1 Å². The predicted molar refractivity (Wildman–Crippen MR) is 62.8 cm³/mol. The second-order valence-electron chi connectivity index (χ2n) is 3.56. The normalized spacial score (nSPS) is 12.4. The molecule has 17 heavy (non-hydrogen) atoms. The molecule has 6 nitrogen and oxygen atoms in total. The van der Waals surface area contributed by atoms with E-state index < -0.39 is 11.0 Å². The Labute approximate surface area is 99.4 Å². The summed E-state index contributed by atoms with van der Waals surface area (Å²) < 4.78 is 4.85. The minimum absolute atomic E-state index is 0.0216. The van der Waals surface area contributed by atoms with Gasteiger partial charge in [-0.3, -0.25) is 10.1 Å². The lowest BCUT2D eigenvalue weighted by Crippen LogP contribution is -2.24. The third-order valence-corrected chi connectivity index (χ3v) is 2.31. The molecule has 0 amide bonds. The zero-order chi connectivity index (χ0) is 12.7. The third-order valence-electron chi connectivity index (χ3n) is 2.31. The Bertz CT molecular complexity index is 353. The van der Waals surface area contributed by atoms with Crippen molar-refractivity contribution in [3.05, 3.63) is 39.9 Å². The van der Waals surface area contributed by atoms with Crippen LogP contribution in [0.25, 0.3) is 0 Å². The van der Waals surface area contributed by atoms with E-state index in [1.54, 1.807) is 19.2 Å². The Morgan fingerprint density at radius 3 is 2.65 bits per heavy atom. The van der Waals surface area contributed by atoms with Crippen LogP contribution in [-0.2, 0) is 4.74 Å². The molecule has 0 bridgehead atoms. The minimum Gasteiger partial charge on any atom is -0.387 e. The highest BCUT2D eigenvalue weighted by atomic mass is 16.6. The molecule has 0 heterocycles. The van der Waals surface area contributed by atoms with Gasteiger partial charge in [0.05, 0.1) is 17.6 Å². The second-order valence-corrected chi connectivity index (χ2v) is 3.56. The van der Waals surface area contributed by atoms with Gasteiger partial charge in [-0.1, -0.05) is 0 Å². The van der Waals surface area contributed by atoms with E-state index in [1.807, 2.05) is 0 Å². The third kappa shape index (κ3) is 4.48. The van der Waals surface area contributed by atoms with Crippen molar-refractivity contribution in [2.75, 3.05) is 26.8 Å². The molecule has 1 aromatic rings. The first-order valence-corrected chi connectivity index (χ1v) is 5.27. The number of aliphatic hydroxyl groups excluding tert-OH is 1. The highest BCUT2D eigenvalue weighted by Gasteiger charge is 2.09. The van der Waals surface area contributed by atoms with Crippen LogP contribution in [0.4, 0.5) is 5.69 Å². The van der Waals surface area contributed by atoms with Crippen LogP contribution in [0, 0.1) is 10.1 Å². The molecular weight excluding hydrogens is 224 g/mol. The standard InChI is InChI=1S/C11H16N2O4/c1-17-7-6-12-8-11(14)9-2-4-10(5-3-9)13(15)16/h2-5,11-12,14H,6-8H2,1H3. The summed E-state index contributed by atoms with van der Waals surface area (Å²) in [6, 6.07) is 5.88. The fourth-order valence-electron chi connectivity index (χ4n) is 1.35. The van der Waals surface area contributed by atoms with Crippen molar-refractivity contribution in [3.63, 3.8) is 0 Å². The zero-order valence-corrected chi connectivity index (χ0v) is 9.63. The van der Waals surface area contributed by atoms with Crippen LogP contribution in [0.15, 0.2) is 24.3 Å². The zero-order valence-electron chi connectivity index (χ0n) is 9.63. The van der Waals surface area contributed by atoms with Gasteiger partial charge in [-0.25, -0.2) is 0 Å². The average Bonchev–Trinajstić information content (AvgIpc) is 2.34. The maximum Gasteiger partial charge on any atom is 0.269 e. The number of hydrogen-bond donors (Lipinski definition) is 2. The molecule has 1 atom stereocenters. The quantitative estimate of drug-likeness (QED) is 0.419. The molecule has 1 aromatic carbocycles. The van der Waals surface area contributed by atoms with Gasteiger partial charge in [-0.15, -0.1) is 0 Å². The van der Waals surface area contributed by atoms with Crippen molar-refractivity contribution in [1.82, 2.24) is 5.32 Å². The van der Waals surface area contributed by atoms with Gasteiger partial charge in [-0.2, -0.15) is 0 Å². The van der Waals surface area contributed by atoms with Crippen LogP contribution < -0.4 is 5.32 Å². The number of hydrogen-bond acceptors (Lipinski definition) is 5. The highest BCUT2D eigenvalue weighted by molar-refractivity contribution is 5.33. The number of non-ortho nitro benzene ring substituents is 1. The molecule has 0 radical (unpaired) electrons. The van der Waals surface area contributed by atoms with Crippen LogP contribution in [0.3, 0.4) is 0 Å². The number of nitro groups is 1. The number of benzene rings is 1. The monoisotopic (exact) mass is 240 g/mol. The molecular formula is C11H16N2O4. The molecule has 0 spiro atoms. The van der Waals surface area contributed by atoms with Crippen LogP contribution >= 0.6 is 0 Å². The lowest BCUT2D eigenvalue weighted by Gasteiger charge is -2.11. The van der Waals surface area contributed by atoms with Gasteiger partial charge in [0.15, 0.2) is 0 Å². The number of nitro benzene ring substituents is 1. The van der Waals surface area contributed by atoms with E-state index in [4.69, 9.17) is 4.74 Å². The molecule has 0 aromatic heterocycles. The fraction of sp³-hybridized carbons (Fsp3) is 0.455. The molecule has 6 heteroatoms. The first-order valence-electron chi connectivity index (χ1n) is 5.27. The minimum atomic E-state index is -0.673. The number of nitrogens with zero attached hydrogens (tertiary/aromatic N) is 1. The lowest BCUT2D eigenvalue weighted by molar-refractivity contribution is -0.384. The Hall–Kier alpha value is -1.50. The van der Waals surface area contributed by atoms with Crippen molar-refractivity contribution in [1.29, 1.82) is 0 Å². The number of ether oxygens (including phenoxy) is 1.